The van der Waals surface area contributed by atoms with E-state index < -0.39 is 4.92 Å². The number of nitro groups is 1. The molecular formula is C12H13NO3S. The highest BCUT2D eigenvalue weighted by atomic mass is 32.2. The molecule has 0 bridgehead atoms. The van der Waals surface area contributed by atoms with Crippen LogP contribution in [0.15, 0.2) is 29.2 Å². The Hall–Kier alpha value is -1.36. The van der Waals surface area contributed by atoms with E-state index in [1.807, 2.05) is 0 Å². The van der Waals surface area contributed by atoms with Gasteiger partial charge in [0.05, 0.1) is 15.1 Å². The molecule has 0 amide bonds. The Balaban J connectivity index is 2.17. The maximum atomic E-state index is 11.7. The Morgan fingerprint density at radius 3 is 2.76 bits per heavy atom. The zero-order chi connectivity index (χ0) is 12.3. The Morgan fingerprint density at radius 2 is 2.06 bits per heavy atom. The number of para-hydroxylation sites is 1. The first-order valence-corrected chi connectivity index (χ1v) is 6.49. The zero-order valence-electron chi connectivity index (χ0n) is 9.30. The minimum atomic E-state index is -0.393. The second kappa shape index (κ2) is 5.31. The van der Waals surface area contributed by atoms with Gasteiger partial charge in [-0.15, -0.1) is 11.8 Å². The number of rotatable bonds is 3. The van der Waals surface area contributed by atoms with Crippen LogP contribution in [0.4, 0.5) is 5.69 Å². The van der Waals surface area contributed by atoms with E-state index in [1.54, 1.807) is 18.2 Å². The molecule has 1 fully saturated rings. The van der Waals surface area contributed by atoms with Crippen LogP contribution in [-0.4, -0.2) is 16.0 Å². The van der Waals surface area contributed by atoms with Crippen molar-refractivity contribution >= 4 is 23.2 Å². The van der Waals surface area contributed by atoms with Gasteiger partial charge in [0.25, 0.3) is 5.69 Å². The van der Waals surface area contributed by atoms with Gasteiger partial charge in [-0.1, -0.05) is 18.6 Å². The van der Waals surface area contributed by atoms with E-state index in [4.69, 9.17) is 0 Å². The fraction of sp³-hybridized carbons (Fsp3) is 0.417. The predicted octanol–water partition coefficient (Wildman–Crippen LogP) is 3.20. The summed E-state index contributed by atoms with van der Waals surface area (Å²) in [6.07, 6.45) is 3.42. The molecule has 1 aliphatic rings. The highest BCUT2D eigenvalue weighted by Crippen LogP contribution is 2.36. The maximum Gasteiger partial charge on any atom is 0.282 e. The minimum Gasteiger partial charge on any atom is -0.298 e. The molecule has 2 rings (SSSR count). The van der Waals surface area contributed by atoms with Crippen molar-refractivity contribution in [3.8, 4) is 0 Å². The lowest BCUT2D eigenvalue weighted by atomic mass is 9.99. The molecule has 1 atom stereocenters. The van der Waals surface area contributed by atoms with Gasteiger partial charge in [0.2, 0.25) is 0 Å². The summed E-state index contributed by atoms with van der Waals surface area (Å²) in [5.74, 6) is 0.222. The predicted molar refractivity (Wildman–Crippen MR) is 66.2 cm³/mol. The molecule has 1 unspecified atom stereocenters. The Kier molecular flexibility index (Phi) is 3.78. The average molecular weight is 251 g/mol. The first kappa shape index (κ1) is 12.1. The van der Waals surface area contributed by atoms with Gasteiger partial charge in [0, 0.05) is 12.5 Å². The van der Waals surface area contributed by atoms with E-state index in [-0.39, 0.29) is 16.7 Å². The quantitative estimate of drug-likeness (QED) is 0.611. The van der Waals surface area contributed by atoms with Gasteiger partial charge in [-0.2, -0.15) is 0 Å². The first-order valence-electron chi connectivity index (χ1n) is 5.61. The molecule has 1 aromatic carbocycles. The van der Waals surface area contributed by atoms with Gasteiger partial charge in [0.15, 0.2) is 0 Å². The van der Waals surface area contributed by atoms with Crippen molar-refractivity contribution in [1.82, 2.24) is 0 Å². The number of carbonyl (C=O) groups excluding carboxylic acids is 1. The van der Waals surface area contributed by atoms with E-state index in [2.05, 4.69) is 0 Å². The monoisotopic (exact) mass is 251 g/mol. The van der Waals surface area contributed by atoms with Crippen LogP contribution in [-0.2, 0) is 4.79 Å². The molecule has 0 radical (unpaired) electrons. The van der Waals surface area contributed by atoms with Crippen molar-refractivity contribution in [2.24, 2.45) is 0 Å². The molecule has 0 heterocycles. The van der Waals surface area contributed by atoms with Crippen LogP contribution in [0.5, 0.6) is 0 Å². The fourth-order valence-electron chi connectivity index (χ4n) is 1.94. The van der Waals surface area contributed by atoms with E-state index in [0.717, 1.165) is 19.3 Å². The lowest BCUT2D eigenvalue weighted by molar-refractivity contribution is -0.387. The van der Waals surface area contributed by atoms with Crippen molar-refractivity contribution in [3.05, 3.63) is 34.4 Å². The molecule has 1 saturated carbocycles. The molecule has 1 aliphatic carbocycles. The van der Waals surface area contributed by atoms with Crippen molar-refractivity contribution < 1.29 is 9.72 Å². The number of benzene rings is 1. The number of nitro benzene ring substituents is 1. The third-order valence-electron chi connectivity index (χ3n) is 2.83. The molecule has 0 saturated heterocycles. The third kappa shape index (κ3) is 2.85. The van der Waals surface area contributed by atoms with E-state index in [9.17, 15) is 14.9 Å². The number of hydrogen-bond donors (Lipinski definition) is 0. The topological polar surface area (TPSA) is 60.2 Å². The largest absolute Gasteiger partial charge is 0.298 e. The van der Waals surface area contributed by atoms with Gasteiger partial charge in [-0.25, -0.2) is 0 Å². The number of ketones is 1. The fourth-order valence-corrected chi connectivity index (χ4v) is 3.20. The van der Waals surface area contributed by atoms with Crippen LogP contribution in [0.3, 0.4) is 0 Å². The van der Waals surface area contributed by atoms with Gasteiger partial charge in [-0.05, 0) is 18.9 Å². The third-order valence-corrected chi connectivity index (χ3v) is 4.21. The smallest absolute Gasteiger partial charge is 0.282 e. The van der Waals surface area contributed by atoms with Crippen molar-refractivity contribution in [2.45, 2.75) is 35.8 Å². The van der Waals surface area contributed by atoms with Crippen LogP contribution >= 0.6 is 11.8 Å². The van der Waals surface area contributed by atoms with Crippen molar-refractivity contribution in [1.29, 1.82) is 0 Å². The Bertz CT molecular complexity index is 447. The van der Waals surface area contributed by atoms with E-state index >= 15 is 0 Å². The summed E-state index contributed by atoms with van der Waals surface area (Å²) in [7, 11) is 0. The van der Waals surface area contributed by atoms with Crippen molar-refractivity contribution in [2.75, 3.05) is 0 Å². The zero-order valence-corrected chi connectivity index (χ0v) is 10.1. The molecule has 0 spiro atoms. The van der Waals surface area contributed by atoms with Crippen LogP contribution in [0.1, 0.15) is 25.7 Å². The summed E-state index contributed by atoms with van der Waals surface area (Å²) in [5, 5.41) is 10.7. The van der Waals surface area contributed by atoms with Crippen LogP contribution in [0, 0.1) is 10.1 Å². The number of thioether (sulfide) groups is 1. The van der Waals surface area contributed by atoms with Crippen LogP contribution in [0.2, 0.25) is 0 Å². The van der Waals surface area contributed by atoms with E-state index in [1.165, 1.54) is 17.8 Å². The lowest BCUT2D eigenvalue weighted by Gasteiger charge is -2.19. The number of Topliss-reactive ketones (excluding diaryl/α,β-unsaturated/α-hetero) is 1. The average Bonchev–Trinajstić information content (AvgIpc) is 2.32. The van der Waals surface area contributed by atoms with Gasteiger partial charge >= 0.3 is 0 Å². The number of carbonyl (C=O) groups is 1. The molecular weight excluding hydrogens is 238 g/mol. The number of hydrogen-bond acceptors (Lipinski definition) is 4. The Labute approximate surface area is 104 Å². The summed E-state index contributed by atoms with van der Waals surface area (Å²) < 4.78 is 0. The Morgan fingerprint density at radius 1 is 1.29 bits per heavy atom. The SMILES string of the molecule is O=C1CCCCC1Sc1ccccc1[N+](=O)[O-]. The normalized spacial score (nSPS) is 20.2. The maximum absolute atomic E-state index is 11.7. The summed E-state index contributed by atoms with van der Waals surface area (Å²) in [5.41, 5.74) is 0.0934. The highest BCUT2D eigenvalue weighted by Gasteiger charge is 2.25. The van der Waals surface area contributed by atoms with Crippen molar-refractivity contribution in [3.63, 3.8) is 0 Å². The second-order valence-corrected chi connectivity index (χ2v) is 5.29. The molecule has 5 heteroatoms. The molecule has 0 aromatic heterocycles. The second-order valence-electron chi connectivity index (χ2n) is 4.04. The molecule has 4 nitrogen and oxygen atoms in total. The number of nitrogens with zero attached hydrogens (tertiary/aromatic N) is 1. The molecule has 17 heavy (non-hydrogen) atoms. The summed E-state index contributed by atoms with van der Waals surface area (Å²) in [6.45, 7) is 0. The van der Waals surface area contributed by atoms with Crippen LogP contribution in [0.25, 0.3) is 0 Å². The lowest BCUT2D eigenvalue weighted by Crippen LogP contribution is -2.21. The standard InChI is InChI=1S/C12H13NO3S/c14-10-6-2-4-8-12(10)17-11-7-3-1-5-9(11)13(15)16/h1,3,5,7,12H,2,4,6,8H2. The molecule has 0 aliphatic heterocycles. The first-order chi connectivity index (χ1) is 8.18. The molecule has 1 aromatic rings. The minimum absolute atomic E-state index is 0.0934. The summed E-state index contributed by atoms with van der Waals surface area (Å²) in [4.78, 5) is 22.7. The molecule has 90 valence electrons. The van der Waals surface area contributed by atoms with Crippen LogP contribution < -0.4 is 0 Å². The molecule has 0 N–H and O–H groups in total. The summed E-state index contributed by atoms with van der Waals surface area (Å²) >= 11 is 1.34. The summed E-state index contributed by atoms with van der Waals surface area (Å²) in [6, 6.07) is 6.61. The van der Waals surface area contributed by atoms with Gasteiger partial charge in [0.1, 0.15) is 5.78 Å². The van der Waals surface area contributed by atoms with E-state index in [0.29, 0.717) is 11.3 Å². The van der Waals surface area contributed by atoms with Gasteiger partial charge in [-0.3, -0.25) is 14.9 Å². The highest BCUT2D eigenvalue weighted by molar-refractivity contribution is 8.00. The van der Waals surface area contributed by atoms with Gasteiger partial charge < -0.3 is 0 Å².